The van der Waals surface area contributed by atoms with Gasteiger partial charge in [-0.1, -0.05) is 12.1 Å². The maximum Gasteiger partial charge on any atom is 0.409 e. The van der Waals surface area contributed by atoms with Gasteiger partial charge in [0.1, 0.15) is 0 Å². The van der Waals surface area contributed by atoms with Crippen LogP contribution in [0.2, 0.25) is 0 Å². The molecule has 8 nitrogen and oxygen atoms in total. The highest BCUT2D eigenvalue weighted by Crippen LogP contribution is 2.32. The van der Waals surface area contributed by atoms with Crippen molar-refractivity contribution in [2.24, 2.45) is 5.92 Å². The third-order valence-electron chi connectivity index (χ3n) is 5.59. The predicted molar refractivity (Wildman–Crippen MR) is 111 cm³/mol. The van der Waals surface area contributed by atoms with Gasteiger partial charge in [0.05, 0.1) is 23.6 Å². The van der Waals surface area contributed by atoms with Crippen LogP contribution in [-0.4, -0.2) is 66.7 Å². The Balaban J connectivity index is 1.64. The Morgan fingerprint density at radius 2 is 1.79 bits per heavy atom. The lowest BCUT2D eigenvalue weighted by Gasteiger charge is -2.34. The van der Waals surface area contributed by atoms with Gasteiger partial charge in [-0.15, -0.1) is 0 Å². The van der Waals surface area contributed by atoms with Crippen LogP contribution in [0.15, 0.2) is 24.3 Å². The number of carbonyl (C=O) groups excluding carboxylic acids is 2. The van der Waals surface area contributed by atoms with Gasteiger partial charge in [0.15, 0.2) is 11.6 Å². The van der Waals surface area contributed by atoms with Crippen molar-refractivity contribution in [3.05, 3.63) is 24.3 Å². The zero-order valence-electron chi connectivity index (χ0n) is 17.0. The molecule has 0 spiro atoms. The number of amides is 2. The van der Waals surface area contributed by atoms with Gasteiger partial charge in [-0.05, 0) is 38.3 Å². The summed E-state index contributed by atoms with van der Waals surface area (Å²) in [5.41, 5.74) is 1.59. The smallest absolute Gasteiger partial charge is 0.409 e. The minimum atomic E-state index is -0.341. The molecule has 2 aliphatic rings. The molecule has 1 atom stereocenters. The highest BCUT2D eigenvalue weighted by molar-refractivity contribution is 5.98. The Morgan fingerprint density at radius 1 is 1.07 bits per heavy atom. The Labute approximate surface area is 170 Å². The number of fused-ring (bicyclic) bond motifs is 2. The SMILES string of the molecule is CCOC(=O)N1CCC[C@@H](C(=O)N2CCCN(C)c3nc4ccccc4nc32)C1. The minimum absolute atomic E-state index is 0.0140. The van der Waals surface area contributed by atoms with Crippen molar-refractivity contribution < 1.29 is 14.3 Å². The van der Waals surface area contributed by atoms with Crippen molar-refractivity contribution >= 4 is 34.7 Å². The van der Waals surface area contributed by atoms with Gasteiger partial charge in [-0.3, -0.25) is 9.69 Å². The maximum atomic E-state index is 13.5. The van der Waals surface area contributed by atoms with Crippen molar-refractivity contribution in [2.75, 3.05) is 49.6 Å². The molecule has 1 aromatic heterocycles. The molecule has 1 saturated heterocycles. The summed E-state index contributed by atoms with van der Waals surface area (Å²) in [6, 6.07) is 7.72. The lowest BCUT2D eigenvalue weighted by molar-refractivity contribution is -0.123. The fourth-order valence-electron chi connectivity index (χ4n) is 4.09. The highest BCUT2D eigenvalue weighted by atomic mass is 16.6. The molecule has 0 N–H and O–H groups in total. The quantitative estimate of drug-likeness (QED) is 0.775. The summed E-state index contributed by atoms with van der Waals surface area (Å²) in [6.07, 6.45) is 2.05. The molecule has 0 bridgehead atoms. The Kier molecular flexibility index (Phi) is 5.51. The predicted octanol–water partition coefficient (Wildman–Crippen LogP) is 2.67. The van der Waals surface area contributed by atoms with E-state index in [4.69, 9.17) is 14.7 Å². The molecule has 3 heterocycles. The van der Waals surface area contributed by atoms with E-state index < -0.39 is 0 Å². The number of piperidine rings is 1. The van der Waals surface area contributed by atoms with Crippen LogP contribution in [0.3, 0.4) is 0 Å². The number of benzene rings is 1. The molecule has 1 aromatic carbocycles. The van der Waals surface area contributed by atoms with Crippen LogP contribution in [0.1, 0.15) is 26.2 Å². The van der Waals surface area contributed by atoms with Gasteiger partial charge in [0, 0.05) is 33.2 Å². The first-order chi connectivity index (χ1) is 14.1. The Morgan fingerprint density at radius 3 is 2.52 bits per heavy atom. The van der Waals surface area contributed by atoms with Crippen LogP contribution in [0, 0.1) is 5.92 Å². The number of hydrogen-bond donors (Lipinski definition) is 0. The van der Waals surface area contributed by atoms with Crippen molar-refractivity contribution in [3.8, 4) is 0 Å². The third kappa shape index (κ3) is 3.83. The average molecular weight is 397 g/mol. The van der Waals surface area contributed by atoms with Crippen LogP contribution < -0.4 is 9.80 Å². The van der Waals surface area contributed by atoms with Gasteiger partial charge in [-0.2, -0.15) is 0 Å². The average Bonchev–Trinajstić information content (AvgIpc) is 2.90. The fourth-order valence-corrected chi connectivity index (χ4v) is 4.09. The van der Waals surface area contributed by atoms with E-state index in [9.17, 15) is 9.59 Å². The second-order valence-corrected chi connectivity index (χ2v) is 7.61. The van der Waals surface area contributed by atoms with Gasteiger partial charge < -0.3 is 14.5 Å². The number of carbonyl (C=O) groups is 2. The fraction of sp³-hybridized carbons (Fsp3) is 0.524. The number of ether oxygens (including phenoxy) is 1. The summed E-state index contributed by atoms with van der Waals surface area (Å²) in [6.45, 7) is 4.55. The first-order valence-corrected chi connectivity index (χ1v) is 10.3. The summed E-state index contributed by atoms with van der Waals surface area (Å²) >= 11 is 0. The molecule has 8 heteroatoms. The van der Waals surface area contributed by atoms with Gasteiger partial charge in [0.25, 0.3) is 0 Å². The number of likely N-dealkylation sites (tertiary alicyclic amines) is 1. The molecule has 29 heavy (non-hydrogen) atoms. The van der Waals surface area contributed by atoms with E-state index in [2.05, 4.69) is 4.90 Å². The normalized spacial score (nSPS) is 19.7. The van der Waals surface area contributed by atoms with Crippen LogP contribution in [0.4, 0.5) is 16.4 Å². The summed E-state index contributed by atoms with van der Waals surface area (Å²) in [5.74, 6) is 1.10. The van der Waals surface area contributed by atoms with Crippen molar-refractivity contribution in [1.29, 1.82) is 0 Å². The molecule has 0 unspecified atom stereocenters. The summed E-state index contributed by atoms with van der Waals surface area (Å²) < 4.78 is 5.13. The molecule has 2 aromatic rings. The van der Waals surface area contributed by atoms with Gasteiger partial charge in [-0.25, -0.2) is 14.8 Å². The zero-order valence-corrected chi connectivity index (χ0v) is 17.0. The molecular formula is C21H27N5O3. The Hall–Kier alpha value is -2.90. The van der Waals surface area contributed by atoms with Crippen LogP contribution >= 0.6 is 0 Å². The van der Waals surface area contributed by atoms with E-state index >= 15 is 0 Å². The van der Waals surface area contributed by atoms with Crippen LogP contribution in [0.5, 0.6) is 0 Å². The first kappa shape index (κ1) is 19.4. The molecule has 1 fully saturated rings. The van der Waals surface area contributed by atoms with Crippen molar-refractivity contribution in [2.45, 2.75) is 26.2 Å². The molecule has 0 aliphatic carbocycles. The van der Waals surface area contributed by atoms with E-state index in [0.717, 1.165) is 42.7 Å². The standard InChI is InChI=1S/C21H27N5O3/c1-3-29-21(28)25-12-6-8-15(14-25)20(27)26-13-7-11-24(2)18-19(26)23-17-10-5-4-9-16(17)22-18/h4-5,9-10,15H,3,6-8,11-14H2,1-2H3/t15-/m1/s1. The number of anilines is 2. The second kappa shape index (κ2) is 8.23. The second-order valence-electron chi connectivity index (χ2n) is 7.61. The largest absolute Gasteiger partial charge is 0.450 e. The monoisotopic (exact) mass is 397 g/mol. The number of aromatic nitrogens is 2. The highest BCUT2D eigenvalue weighted by Gasteiger charge is 2.35. The van der Waals surface area contributed by atoms with E-state index in [-0.39, 0.29) is 17.9 Å². The van der Waals surface area contributed by atoms with Gasteiger partial charge in [0.2, 0.25) is 5.91 Å². The van der Waals surface area contributed by atoms with E-state index in [0.29, 0.717) is 32.1 Å². The minimum Gasteiger partial charge on any atom is -0.450 e. The van der Waals surface area contributed by atoms with Crippen LogP contribution in [-0.2, 0) is 9.53 Å². The molecule has 2 aliphatic heterocycles. The van der Waals surface area contributed by atoms with Gasteiger partial charge >= 0.3 is 6.09 Å². The summed E-state index contributed by atoms with van der Waals surface area (Å²) in [7, 11) is 1.99. The molecule has 0 saturated carbocycles. The number of nitrogens with zero attached hydrogens (tertiary/aromatic N) is 5. The number of para-hydroxylation sites is 2. The molecule has 0 radical (unpaired) electrons. The third-order valence-corrected chi connectivity index (χ3v) is 5.59. The first-order valence-electron chi connectivity index (χ1n) is 10.3. The van der Waals surface area contributed by atoms with E-state index in [1.165, 1.54) is 0 Å². The van der Waals surface area contributed by atoms with E-state index in [1.54, 1.807) is 16.7 Å². The zero-order chi connectivity index (χ0) is 20.4. The summed E-state index contributed by atoms with van der Waals surface area (Å²) in [4.78, 5) is 40.7. The maximum absolute atomic E-state index is 13.5. The summed E-state index contributed by atoms with van der Waals surface area (Å²) in [5, 5.41) is 0. The van der Waals surface area contributed by atoms with Crippen LogP contribution in [0.25, 0.3) is 11.0 Å². The number of rotatable bonds is 2. The molecule has 154 valence electrons. The lowest BCUT2D eigenvalue weighted by Crippen LogP contribution is -2.47. The topological polar surface area (TPSA) is 78.9 Å². The van der Waals surface area contributed by atoms with Crippen molar-refractivity contribution in [1.82, 2.24) is 14.9 Å². The van der Waals surface area contributed by atoms with E-state index in [1.807, 2.05) is 31.3 Å². The molecular weight excluding hydrogens is 370 g/mol. The van der Waals surface area contributed by atoms with Crippen molar-refractivity contribution in [3.63, 3.8) is 0 Å². The molecule has 4 rings (SSSR count). The number of hydrogen-bond acceptors (Lipinski definition) is 6. The lowest BCUT2D eigenvalue weighted by atomic mass is 9.96. The molecule has 2 amide bonds. The Bertz CT molecular complexity index is 918.